The van der Waals surface area contributed by atoms with E-state index in [1.165, 1.54) is 6.08 Å². The van der Waals surface area contributed by atoms with Crippen LogP contribution in [0.5, 0.6) is 0 Å². The summed E-state index contributed by atoms with van der Waals surface area (Å²) in [6.45, 7) is 4.24. The van der Waals surface area contributed by atoms with Crippen molar-refractivity contribution in [1.29, 1.82) is 0 Å². The van der Waals surface area contributed by atoms with Gasteiger partial charge in [0.25, 0.3) is 11.1 Å². The number of hydrogen-bond acceptors (Lipinski definition) is 9. The Morgan fingerprint density at radius 3 is 2.52 bits per heavy atom. The number of anilines is 2. The highest BCUT2D eigenvalue weighted by Crippen LogP contribution is 2.34. The fraction of sp³-hybridized carbons (Fsp3) is 0.241. The molecule has 3 heterocycles. The zero-order valence-electron chi connectivity index (χ0n) is 21.8. The number of nitrogens with one attached hydrogen (secondary N) is 1. The van der Waals surface area contributed by atoms with Gasteiger partial charge in [-0.3, -0.25) is 19.3 Å². The van der Waals surface area contributed by atoms with Gasteiger partial charge in [0, 0.05) is 24.7 Å². The number of carbonyl (C=O) groups is 4. The number of para-hydroxylation sites is 2. The van der Waals surface area contributed by atoms with E-state index >= 15 is 0 Å². The number of furan rings is 1. The zero-order chi connectivity index (χ0) is 28.1. The minimum absolute atomic E-state index is 0.157. The van der Waals surface area contributed by atoms with E-state index in [1.807, 2.05) is 18.2 Å². The minimum Gasteiger partial charge on any atom is -0.462 e. The zero-order valence-corrected chi connectivity index (χ0v) is 22.6. The van der Waals surface area contributed by atoms with Gasteiger partial charge in [-0.1, -0.05) is 24.3 Å². The normalized spacial score (nSPS) is 16.5. The third-order valence-corrected chi connectivity index (χ3v) is 7.19. The van der Waals surface area contributed by atoms with Crippen molar-refractivity contribution < 1.29 is 33.1 Å². The third-order valence-electron chi connectivity index (χ3n) is 6.29. The van der Waals surface area contributed by atoms with Crippen molar-refractivity contribution >= 4 is 52.2 Å². The fourth-order valence-electron chi connectivity index (χ4n) is 4.33. The SMILES string of the molecule is CCOC(=O)c1ccc(-c2ccc(/C=C3/SC(=O)N(CC(=O)Nc4ccccc4N4CCOCC4)C3=O)o2)cc1. The maximum absolute atomic E-state index is 13.0. The van der Waals surface area contributed by atoms with Crippen LogP contribution < -0.4 is 10.2 Å². The lowest BCUT2D eigenvalue weighted by Crippen LogP contribution is -2.38. The van der Waals surface area contributed by atoms with Gasteiger partial charge in [0.1, 0.15) is 18.1 Å². The first-order chi connectivity index (χ1) is 19.4. The lowest BCUT2D eigenvalue weighted by atomic mass is 10.1. The topological polar surface area (TPSA) is 118 Å². The van der Waals surface area contributed by atoms with Gasteiger partial charge >= 0.3 is 5.97 Å². The second kappa shape index (κ2) is 12.2. The Morgan fingerprint density at radius 2 is 1.77 bits per heavy atom. The number of imide groups is 1. The molecule has 1 aromatic heterocycles. The molecule has 0 spiro atoms. The summed E-state index contributed by atoms with van der Waals surface area (Å²) in [7, 11) is 0. The Bertz CT molecular complexity index is 1460. The Balaban J connectivity index is 1.23. The molecular weight excluding hydrogens is 534 g/mol. The molecule has 10 nitrogen and oxygen atoms in total. The predicted molar refractivity (Wildman–Crippen MR) is 151 cm³/mol. The van der Waals surface area contributed by atoms with Crippen LogP contribution in [0.4, 0.5) is 16.2 Å². The maximum Gasteiger partial charge on any atom is 0.338 e. The van der Waals surface area contributed by atoms with Crippen LogP contribution in [0.2, 0.25) is 0 Å². The van der Waals surface area contributed by atoms with Crippen molar-refractivity contribution in [3.63, 3.8) is 0 Å². The molecular formula is C29H27N3O7S. The van der Waals surface area contributed by atoms with Gasteiger partial charge in [-0.2, -0.15) is 0 Å². The Morgan fingerprint density at radius 1 is 1.02 bits per heavy atom. The van der Waals surface area contributed by atoms with Gasteiger partial charge in [-0.25, -0.2) is 4.79 Å². The molecule has 2 aliphatic heterocycles. The number of carbonyl (C=O) groups excluding carboxylic acids is 4. The summed E-state index contributed by atoms with van der Waals surface area (Å²) in [5.74, 6) is -0.544. The van der Waals surface area contributed by atoms with Crippen LogP contribution in [0.25, 0.3) is 17.4 Å². The number of morpholine rings is 1. The van der Waals surface area contributed by atoms with Crippen LogP contribution >= 0.6 is 11.8 Å². The van der Waals surface area contributed by atoms with E-state index in [0.29, 0.717) is 55.7 Å². The van der Waals surface area contributed by atoms with Crippen molar-refractivity contribution in [3.8, 4) is 11.3 Å². The maximum atomic E-state index is 13.0. The Hall–Kier alpha value is -4.35. The van der Waals surface area contributed by atoms with Crippen LogP contribution in [0.3, 0.4) is 0 Å². The summed E-state index contributed by atoms with van der Waals surface area (Å²) < 4.78 is 16.3. The summed E-state index contributed by atoms with van der Waals surface area (Å²) in [5, 5.41) is 2.30. The monoisotopic (exact) mass is 561 g/mol. The number of esters is 1. The Kier molecular flexibility index (Phi) is 8.32. The summed E-state index contributed by atoms with van der Waals surface area (Å²) in [4.78, 5) is 53.5. The molecule has 2 fully saturated rings. The molecule has 0 unspecified atom stereocenters. The van der Waals surface area contributed by atoms with E-state index in [1.54, 1.807) is 49.4 Å². The van der Waals surface area contributed by atoms with E-state index in [-0.39, 0.29) is 4.91 Å². The molecule has 2 aliphatic rings. The van der Waals surface area contributed by atoms with Crippen molar-refractivity contribution in [3.05, 3.63) is 76.9 Å². The van der Waals surface area contributed by atoms with Gasteiger partial charge in [-0.05, 0) is 55.1 Å². The smallest absolute Gasteiger partial charge is 0.338 e. The fourth-order valence-corrected chi connectivity index (χ4v) is 5.15. The molecule has 0 saturated carbocycles. The molecule has 2 aromatic carbocycles. The van der Waals surface area contributed by atoms with E-state index in [9.17, 15) is 19.2 Å². The highest BCUT2D eigenvalue weighted by atomic mass is 32.2. The number of hydrogen-bond donors (Lipinski definition) is 1. The highest BCUT2D eigenvalue weighted by Gasteiger charge is 2.36. The third kappa shape index (κ3) is 6.11. The average molecular weight is 562 g/mol. The minimum atomic E-state index is -0.566. The van der Waals surface area contributed by atoms with Gasteiger partial charge in [0.15, 0.2) is 0 Å². The van der Waals surface area contributed by atoms with Crippen molar-refractivity contribution in [1.82, 2.24) is 4.90 Å². The summed E-state index contributed by atoms with van der Waals surface area (Å²) in [5.41, 5.74) is 2.63. The van der Waals surface area contributed by atoms with Gasteiger partial charge < -0.3 is 24.1 Å². The summed E-state index contributed by atoms with van der Waals surface area (Å²) in [6, 6.07) is 17.6. The van der Waals surface area contributed by atoms with Crippen LogP contribution in [0.15, 0.2) is 70.0 Å². The molecule has 11 heteroatoms. The Labute approximate surface area is 234 Å². The van der Waals surface area contributed by atoms with Crippen LogP contribution in [-0.4, -0.2) is 67.4 Å². The number of amides is 3. The van der Waals surface area contributed by atoms with Gasteiger partial charge in [0.05, 0.1) is 41.7 Å². The first-order valence-corrected chi connectivity index (χ1v) is 13.6. The van der Waals surface area contributed by atoms with Crippen molar-refractivity contribution in [2.24, 2.45) is 0 Å². The molecule has 0 aliphatic carbocycles. The first-order valence-electron chi connectivity index (χ1n) is 12.8. The van der Waals surface area contributed by atoms with E-state index in [0.717, 1.165) is 27.9 Å². The average Bonchev–Trinajstić information content (AvgIpc) is 3.54. The van der Waals surface area contributed by atoms with Crippen LogP contribution in [0, 0.1) is 0 Å². The number of ether oxygens (including phenoxy) is 2. The van der Waals surface area contributed by atoms with Crippen molar-refractivity contribution in [2.75, 3.05) is 49.7 Å². The molecule has 0 bridgehead atoms. The van der Waals surface area contributed by atoms with Crippen LogP contribution in [-0.2, 0) is 19.1 Å². The molecule has 206 valence electrons. The highest BCUT2D eigenvalue weighted by molar-refractivity contribution is 8.18. The molecule has 3 amide bonds. The molecule has 5 rings (SSSR count). The molecule has 0 radical (unpaired) electrons. The standard InChI is InChI=1S/C29H27N3O7S/c1-2-38-28(35)20-9-7-19(8-10-20)24-12-11-21(39-24)17-25-27(34)32(29(36)40-25)18-26(33)30-22-5-3-4-6-23(22)31-13-15-37-16-14-31/h3-12,17H,2,13-16,18H2,1H3,(H,30,33)/b25-17+. The molecule has 1 N–H and O–H groups in total. The molecule has 0 atom stereocenters. The quantitative estimate of drug-likeness (QED) is 0.310. The second-order valence-electron chi connectivity index (χ2n) is 8.93. The summed E-state index contributed by atoms with van der Waals surface area (Å²) in [6.07, 6.45) is 1.48. The summed E-state index contributed by atoms with van der Waals surface area (Å²) >= 11 is 0.751. The number of thioether (sulfide) groups is 1. The second-order valence-corrected chi connectivity index (χ2v) is 9.93. The number of benzene rings is 2. The van der Waals surface area contributed by atoms with E-state index < -0.39 is 29.6 Å². The predicted octanol–water partition coefficient (Wildman–Crippen LogP) is 4.63. The van der Waals surface area contributed by atoms with E-state index in [2.05, 4.69) is 10.2 Å². The largest absolute Gasteiger partial charge is 0.462 e. The molecule has 2 saturated heterocycles. The van der Waals surface area contributed by atoms with Crippen molar-refractivity contribution in [2.45, 2.75) is 6.92 Å². The lowest BCUT2D eigenvalue weighted by Gasteiger charge is -2.30. The van der Waals surface area contributed by atoms with E-state index in [4.69, 9.17) is 13.9 Å². The van der Waals surface area contributed by atoms with Crippen LogP contribution in [0.1, 0.15) is 23.0 Å². The first kappa shape index (κ1) is 27.2. The van der Waals surface area contributed by atoms with Gasteiger partial charge in [-0.15, -0.1) is 0 Å². The van der Waals surface area contributed by atoms with Gasteiger partial charge in [0.2, 0.25) is 5.91 Å². The lowest BCUT2D eigenvalue weighted by molar-refractivity contribution is -0.127. The molecule has 40 heavy (non-hydrogen) atoms. The number of nitrogens with zero attached hydrogens (tertiary/aromatic N) is 2. The molecule has 3 aromatic rings. The number of rotatable bonds is 8.